The summed E-state index contributed by atoms with van der Waals surface area (Å²) in [6.45, 7) is 14.6. The van der Waals surface area contributed by atoms with Gasteiger partial charge in [-0.05, 0) is 66.3 Å². The highest BCUT2D eigenvalue weighted by atomic mass is 16.1. The Labute approximate surface area is 180 Å². The first-order chi connectivity index (χ1) is 13.9. The van der Waals surface area contributed by atoms with E-state index in [4.69, 9.17) is 4.99 Å². The van der Waals surface area contributed by atoms with Gasteiger partial charge in [0.2, 0.25) is 0 Å². The zero-order chi connectivity index (χ0) is 22.2. The Morgan fingerprint density at radius 1 is 0.733 bits per heavy atom. The van der Waals surface area contributed by atoms with Gasteiger partial charge in [0.25, 0.3) is 0 Å². The van der Waals surface area contributed by atoms with E-state index in [1.165, 1.54) is 0 Å². The summed E-state index contributed by atoms with van der Waals surface area (Å²) in [7, 11) is 0. The molecule has 156 valence electrons. The molecule has 1 aromatic rings. The van der Waals surface area contributed by atoms with Crippen LogP contribution in [0.3, 0.4) is 0 Å². The first kappa shape index (κ1) is 21.9. The summed E-state index contributed by atoms with van der Waals surface area (Å²) >= 11 is 0. The highest BCUT2D eigenvalue weighted by molar-refractivity contribution is 6.19. The summed E-state index contributed by atoms with van der Waals surface area (Å²) in [6, 6.07) is 9.90. The fourth-order valence-corrected chi connectivity index (χ4v) is 3.61. The highest BCUT2D eigenvalue weighted by Crippen LogP contribution is 2.41. The quantitative estimate of drug-likeness (QED) is 0.515. The smallest absolute Gasteiger partial charge is 0.185 e. The maximum Gasteiger partial charge on any atom is 0.185 e. The van der Waals surface area contributed by atoms with Gasteiger partial charge in [0.15, 0.2) is 5.78 Å². The van der Waals surface area contributed by atoms with Gasteiger partial charge in [0.1, 0.15) is 0 Å². The van der Waals surface area contributed by atoms with Gasteiger partial charge in [-0.15, -0.1) is 0 Å². The highest BCUT2D eigenvalue weighted by Gasteiger charge is 2.38. The maximum absolute atomic E-state index is 13.2. The van der Waals surface area contributed by atoms with E-state index in [0.717, 1.165) is 28.3 Å². The molecule has 0 aliphatic heterocycles. The summed E-state index contributed by atoms with van der Waals surface area (Å²) in [5, 5.41) is 0. The van der Waals surface area contributed by atoms with E-state index >= 15 is 0 Å². The van der Waals surface area contributed by atoms with Crippen LogP contribution in [0, 0.1) is 10.8 Å². The Balaban J connectivity index is 1.97. The summed E-state index contributed by atoms with van der Waals surface area (Å²) in [5.74, 6) is 0.139. The Morgan fingerprint density at radius 3 is 1.67 bits per heavy atom. The molecule has 0 atom stereocenters. The molecule has 1 aromatic carbocycles. The van der Waals surface area contributed by atoms with Gasteiger partial charge < -0.3 is 0 Å². The number of benzene rings is 1. The van der Waals surface area contributed by atoms with E-state index in [1.807, 2.05) is 66.8 Å². The van der Waals surface area contributed by atoms with Crippen molar-refractivity contribution in [1.29, 1.82) is 0 Å². The molecule has 0 unspecified atom stereocenters. The van der Waals surface area contributed by atoms with Crippen LogP contribution in [0.25, 0.3) is 0 Å². The SMILES string of the molecule is CC1(N=C2C=CC(=Nc3ccccc3)C=C2)C=C(C(C)(C)C)C(=O)C(C(C)(C)C)=C1. The van der Waals surface area contributed by atoms with Crippen molar-refractivity contribution in [3.05, 3.63) is 77.9 Å². The molecule has 0 N–H and O–H groups in total. The van der Waals surface area contributed by atoms with E-state index < -0.39 is 5.54 Å². The number of hydrogen-bond acceptors (Lipinski definition) is 3. The number of rotatable bonds is 2. The Morgan fingerprint density at radius 2 is 1.20 bits per heavy atom. The van der Waals surface area contributed by atoms with Crippen molar-refractivity contribution in [3.63, 3.8) is 0 Å². The molecule has 3 heteroatoms. The number of para-hydroxylation sites is 1. The van der Waals surface area contributed by atoms with Crippen LogP contribution in [-0.4, -0.2) is 22.7 Å². The Hall–Kier alpha value is -2.81. The first-order valence-electron chi connectivity index (χ1n) is 10.5. The van der Waals surface area contributed by atoms with Crippen molar-refractivity contribution in [1.82, 2.24) is 0 Å². The van der Waals surface area contributed by atoms with Gasteiger partial charge in [0.05, 0.1) is 22.6 Å². The van der Waals surface area contributed by atoms with E-state index in [-0.39, 0.29) is 16.6 Å². The molecule has 0 amide bonds. The van der Waals surface area contributed by atoms with Gasteiger partial charge in [-0.1, -0.05) is 59.7 Å². The molecule has 3 nitrogen and oxygen atoms in total. The number of ketones is 1. The van der Waals surface area contributed by atoms with Gasteiger partial charge in [0, 0.05) is 11.1 Å². The molecular formula is C27H32N2O. The molecule has 0 spiro atoms. The van der Waals surface area contributed by atoms with Crippen LogP contribution in [-0.2, 0) is 4.79 Å². The number of Topliss-reactive ketones (excluding diaryl/α,β-unsaturated/α-hetero) is 1. The molecule has 0 bridgehead atoms. The number of nitrogens with zero attached hydrogens (tertiary/aromatic N) is 2. The zero-order valence-corrected chi connectivity index (χ0v) is 19.2. The lowest BCUT2D eigenvalue weighted by Crippen LogP contribution is -2.35. The summed E-state index contributed by atoms with van der Waals surface area (Å²) < 4.78 is 0. The van der Waals surface area contributed by atoms with Crippen LogP contribution >= 0.6 is 0 Å². The van der Waals surface area contributed by atoms with Gasteiger partial charge >= 0.3 is 0 Å². The molecule has 0 aromatic heterocycles. The van der Waals surface area contributed by atoms with Crippen LogP contribution in [0.5, 0.6) is 0 Å². The van der Waals surface area contributed by atoms with E-state index in [1.54, 1.807) is 0 Å². The van der Waals surface area contributed by atoms with E-state index in [9.17, 15) is 4.79 Å². The fourth-order valence-electron chi connectivity index (χ4n) is 3.61. The molecule has 0 heterocycles. The molecule has 0 saturated heterocycles. The minimum absolute atomic E-state index is 0.139. The summed E-state index contributed by atoms with van der Waals surface area (Å²) in [5.41, 5.74) is 3.30. The third kappa shape index (κ3) is 5.02. The lowest BCUT2D eigenvalue weighted by molar-refractivity contribution is -0.114. The van der Waals surface area contributed by atoms with Crippen molar-refractivity contribution in [2.24, 2.45) is 20.8 Å². The molecule has 2 aliphatic rings. The lowest BCUT2D eigenvalue weighted by Gasteiger charge is -2.36. The van der Waals surface area contributed by atoms with Crippen LogP contribution < -0.4 is 0 Å². The molecular weight excluding hydrogens is 368 g/mol. The number of aliphatic imine (C=N–C) groups is 2. The van der Waals surface area contributed by atoms with Crippen LogP contribution in [0.2, 0.25) is 0 Å². The molecule has 0 saturated carbocycles. The number of hydrogen-bond donors (Lipinski definition) is 0. The molecule has 2 aliphatic carbocycles. The van der Waals surface area contributed by atoms with E-state index in [2.05, 4.69) is 53.5 Å². The van der Waals surface area contributed by atoms with E-state index in [0.29, 0.717) is 0 Å². The Kier molecular flexibility index (Phi) is 5.68. The zero-order valence-electron chi connectivity index (χ0n) is 19.2. The topological polar surface area (TPSA) is 41.8 Å². The van der Waals surface area contributed by atoms with Crippen molar-refractivity contribution >= 4 is 22.9 Å². The maximum atomic E-state index is 13.2. The average molecular weight is 401 g/mol. The number of allylic oxidation sites excluding steroid dienone is 6. The lowest BCUT2D eigenvalue weighted by atomic mass is 9.69. The van der Waals surface area contributed by atoms with Crippen molar-refractivity contribution < 1.29 is 4.79 Å². The van der Waals surface area contributed by atoms with Gasteiger partial charge in [-0.2, -0.15) is 0 Å². The number of carbonyl (C=O) groups is 1. The second-order valence-corrected chi connectivity index (χ2v) is 10.2. The second-order valence-electron chi connectivity index (χ2n) is 10.2. The summed E-state index contributed by atoms with van der Waals surface area (Å²) in [6.07, 6.45) is 12.0. The van der Waals surface area contributed by atoms with Crippen molar-refractivity contribution in [2.75, 3.05) is 0 Å². The normalized spacial score (nSPS) is 18.8. The van der Waals surface area contributed by atoms with Crippen LogP contribution in [0.4, 0.5) is 5.69 Å². The van der Waals surface area contributed by atoms with Gasteiger partial charge in [-0.3, -0.25) is 9.79 Å². The third-order valence-corrected chi connectivity index (χ3v) is 5.21. The first-order valence-corrected chi connectivity index (χ1v) is 10.5. The van der Waals surface area contributed by atoms with Crippen molar-refractivity contribution in [3.8, 4) is 0 Å². The molecule has 3 rings (SSSR count). The standard InChI is InChI=1S/C27H32N2O/c1-25(2,3)22-17-27(7,18-23(24(22)30)26(4,5)6)29-21-15-13-20(14-16-21)28-19-11-9-8-10-12-19/h8-18H,1-7H3. The average Bonchev–Trinajstić information content (AvgIpc) is 2.64. The largest absolute Gasteiger partial charge is 0.289 e. The second kappa shape index (κ2) is 7.79. The summed E-state index contributed by atoms with van der Waals surface area (Å²) in [4.78, 5) is 22.8. The minimum atomic E-state index is -0.572. The third-order valence-electron chi connectivity index (χ3n) is 5.21. The van der Waals surface area contributed by atoms with Crippen molar-refractivity contribution in [2.45, 2.75) is 54.0 Å². The monoisotopic (exact) mass is 400 g/mol. The molecule has 0 fully saturated rings. The number of carbonyl (C=O) groups excluding carboxylic acids is 1. The Bertz CT molecular complexity index is 965. The van der Waals surface area contributed by atoms with Crippen LogP contribution in [0.15, 0.2) is 87.9 Å². The van der Waals surface area contributed by atoms with Crippen LogP contribution in [0.1, 0.15) is 48.5 Å². The molecule has 30 heavy (non-hydrogen) atoms. The fraction of sp³-hybridized carbons (Fsp3) is 0.370. The molecule has 0 radical (unpaired) electrons. The predicted molar refractivity (Wildman–Crippen MR) is 128 cm³/mol. The predicted octanol–water partition coefficient (Wildman–Crippen LogP) is 6.61. The minimum Gasteiger partial charge on any atom is -0.289 e. The van der Waals surface area contributed by atoms with Gasteiger partial charge in [-0.25, -0.2) is 4.99 Å².